The summed E-state index contributed by atoms with van der Waals surface area (Å²) in [5.74, 6) is 0.853. The van der Waals surface area contributed by atoms with Crippen LogP contribution in [0.5, 0.6) is 5.75 Å². The SMILES string of the molecule is COc1ccc(-c2csc(C(C)N)n2)cc1. The molecule has 0 amide bonds. The van der Waals surface area contributed by atoms with E-state index in [-0.39, 0.29) is 6.04 Å². The summed E-state index contributed by atoms with van der Waals surface area (Å²) >= 11 is 1.60. The average Bonchev–Trinajstić information content (AvgIpc) is 2.78. The van der Waals surface area contributed by atoms with Crippen molar-refractivity contribution in [2.45, 2.75) is 13.0 Å². The first-order valence-corrected chi connectivity index (χ1v) is 5.94. The molecule has 0 aliphatic carbocycles. The highest BCUT2D eigenvalue weighted by molar-refractivity contribution is 7.10. The Balaban J connectivity index is 2.28. The van der Waals surface area contributed by atoms with Crippen LogP contribution in [-0.4, -0.2) is 12.1 Å². The van der Waals surface area contributed by atoms with Crippen molar-refractivity contribution in [1.82, 2.24) is 4.98 Å². The molecule has 84 valence electrons. The summed E-state index contributed by atoms with van der Waals surface area (Å²) in [6.45, 7) is 1.94. The number of methoxy groups -OCH3 is 1. The van der Waals surface area contributed by atoms with Gasteiger partial charge in [-0.25, -0.2) is 4.98 Å². The van der Waals surface area contributed by atoms with Crippen molar-refractivity contribution in [3.8, 4) is 17.0 Å². The minimum Gasteiger partial charge on any atom is -0.497 e. The number of hydrogen-bond donors (Lipinski definition) is 1. The fourth-order valence-corrected chi connectivity index (χ4v) is 2.18. The van der Waals surface area contributed by atoms with Crippen LogP contribution >= 0.6 is 11.3 Å². The summed E-state index contributed by atoms with van der Waals surface area (Å²) < 4.78 is 5.11. The molecule has 0 saturated carbocycles. The van der Waals surface area contributed by atoms with Gasteiger partial charge in [0.1, 0.15) is 10.8 Å². The Morgan fingerprint density at radius 3 is 2.50 bits per heavy atom. The first-order valence-electron chi connectivity index (χ1n) is 5.06. The molecule has 1 unspecified atom stereocenters. The van der Waals surface area contributed by atoms with Gasteiger partial charge in [0, 0.05) is 10.9 Å². The van der Waals surface area contributed by atoms with Crippen molar-refractivity contribution in [1.29, 1.82) is 0 Å². The van der Waals surface area contributed by atoms with Crippen molar-refractivity contribution in [3.63, 3.8) is 0 Å². The van der Waals surface area contributed by atoms with Crippen LogP contribution < -0.4 is 10.5 Å². The standard InChI is InChI=1S/C12H14N2OS/c1-8(13)12-14-11(7-16-12)9-3-5-10(15-2)6-4-9/h3-8H,13H2,1-2H3. The van der Waals surface area contributed by atoms with E-state index >= 15 is 0 Å². The fraction of sp³-hybridized carbons (Fsp3) is 0.250. The monoisotopic (exact) mass is 234 g/mol. The molecule has 1 aromatic carbocycles. The molecule has 1 heterocycles. The maximum atomic E-state index is 5.78. The van der Waals surface area contributed by atoms with Crippen LogP contribution in [0.4, 0.5) is 0 Å². The molecule has 2 rings (SSSR count). The number of rotatable bonds is 3. The molecular formula is C12H14N2OS. The number of nitrogens with zero attached hydrogens (tertiary/aromatic N) is 1. The Hall–Kier alpha value is -1.39. The minimum atomic E-state index is -0.00278. The number of benzene rings is 1. The van der Waals surface area contributed by atoms with Gasteiger partial charge in [-0.15, -0.1) is 11.3 Å². The Morgan fingerprint density at radius 2 is 2.00 bits per heavy atom. The van der Waals surface area contributed by atoms with Crippen molar-refractivity contribution < 1.29 is 4.74 Å². The molecule has 2 N–H and O–H groups in total. The molecule has 0 fully saturated rings. The lowest BCUT2D eigenvalue weighted by Gasteiger charge is -2.01. The molecule has 0 radical (unpaired) electrons. The second kappa shape index (κ2) is 4.63. The van der Waals surface area contributed by atoms with Crippen molar-refractivity contribution in [2.24, 2.45) is 5.73 Å². The van der Waals surface area contributed by atoms with Crippen LogP contribution in [0.3, 0.4) is 0 Å². The van der Waals surface area contributed by atoms with Crippen LogP contribution in [0.25, 0.3) is 11.3 Å². The molecule has 0 aliphatic rings. The van der Waals surface area contributed by atoms with Crippen LogP contribution in [0.15, 0.2) is 29.6 Å². The Morgan fingerprint density at radius 1 is 1.31 bits per heavy atom. The number of nitrogens with two attached hydrogens (primary N) is 1. The number of aromatic nitrogens is 1. The lowest BCUT2D eigenvalue weighted by Crippen LogP contribution is -2.03. The summed E-state index contributed by atoms with van der Waals surface area (Å²) in [4.78, 5) is 4.49. The molecule has 1 atom stereocenters. The summed E-state index contributed by atoms with van der Waals surface area (Å²) in [5, 5.41) is 2.99. The van der Waals surface area contributed by atoms with Gasteiger partial charge >= 0.3 is 0 Å². The van der Waals surface area contributed by atoms with Gasteiger partial charge in [0.05, 0.1) is 18.8 Å². The number of ether oxygens (including phenoxy) is 1. The van der Waals surface area contributed by atoms with Gasteiger partial charge in [0.2, 0.25) is 0 Å². The number of thiazole rings is 1. The minimum absolute atomic E-state index is 0.00278. The Kier molecular flexibility index (Phi) is 3.22. The molecule has 0 saturated heterocycles. The topological polar surface area (TPSA) is 48.1 Å². The predicted molar refractivity (Wildman–Crippen MR) is 66.7 cm³/mol. The Bertz CT molecular complexity index is 462. The first kappa shape index (κ1) is 11.1. The van der Waals surface area contributed by atoms with Gasteiger partial charge in [-0.2, -0.15) is 0 Å². The highest BCUT2D eigenvalue weighted by Crippen LogP contribution is 2.25. The van der Waals surface area contributed by atoms with Crippen molar-refractivity contribution >= 4 is 11.3 Å². The van der Waals surface area contributed by atoms with Gasteiger partial charge < -0.3 is 10.5 Å². The molecule has 0 spiro atoms. The maximum Gasteiger partial charge on any atom is 0.118 e. The Labute approximate surface area is 98.9 Å². The normalized spacial score (nSPS) is 12.4. The highest BCUT2D eigenvalue weighted by Gasteiger charge is 2.07. The zero-order valence-electron chi connectivity index (χ0n) is 9.31. The largest absolute Gasteiger partial charge is 0.497 e. The van der Waals surface area contributed by atoms with E-state index in [1.165, 1.54) is 0 Å². The summed E-state index contributed by atoms with van der Waals surface area (Å²) in [6, 6.07) is 7.86. The third-order valence-corrected chi connectivity index (χ3v) is 3.34. The lowest BCUT2D eigenvalue weighted by atomic mass is 10.2. The maximum absolute atomic E-state index is 5.78. The van der Waals surface area contributed by atoms with Crippen molar-refractivity contribution in [2.75, 3.05) is 7.11 Å². The molecule has 4 heteroatoms. The molecule has 0 bridgehead atoms. The summed E-state index contributed by atoms with van der Waals surface area (Å²) in [6.07, 6.45) is 0. The highest BCUT2D eigenvalue weighted by atomic mass is 32.1. The third-order valence-electron chi connectivity index (χ3n) is 2.30. The van der Waals surface area contributed by atoms with Gasteiger partial charge in [-0.3, -0.25) is 0 Å². The third kappa shape index (κ3) is 2.23. The van der Waals surface area contributed by atoms with Gasteiger partial charge in [-0.05, 0) is 31.2 Å². The molecule has 1 aromatic heterocycles. The van der Waals surface area contributed by atoms with Gasteiger partial charge in [-0.1, -0.05) is 0 Å². The van der Waals surface area contributed by atoms with Crippen LogP contribution in [-0.2, 0) is 0 Å². The van der Waals surface area contributed by atoms with Crippen LogP contribution in [0, 0.1) is 0 Å². The smallest absolute Gasteiger partial charge is 0.118 e. The van der Waals surface area contributed by atoms with Crippen molar-refractivity contribution in [3.05, 3.63) is 34.7 Å². The zero-order chi connectivity index (χ0) is 11.5. The van der Waals surface area contributed by atoms with E-state index in [9.17, 15) is 0 Å². The van der Waals surface area contributed by atoms with Crippen LogP contribution in [0.1, 0.15) is 18.0 Å². The van der Waals surface area contributed by atoms with Crippen LogP contribution in [0.2, 0.25) is 0 Å². The zero-order valence-corrected chi connectivity index (χ0v) is 10.1. The molecule has 3 nitrogen and oxygen atoms in total. The average molecular weight is 234 g/mol. The van der Waals surface area contributed by atoms with E-state index < -0.39 is 0 Å². The van der Waals surface area contributed by atoms with E-state index in [0.29, 0.717) is 0 Å². The lowest BCUT2D eigenvalue weighted by molar-refractivity contribution is 0.415. The van der Waals surface area contributed by atoms with Gasteiger partial charge in [0.15, 0.2) is 0 Å². The molecule has 2 aromatic rings. The van der Waals surface area contributed by atoms with E-state index in [2.05, 4.69) is 4.98 Å². The molecule has 16 heavy (non-hydrogen) atoms. The molecule has 0 aliphatic heterocycles. The first-order chi connectivity index (χ1) is 7.70. The van der Waals surface area contributed by atoms with E-state index in [1.54, 1.807) is 18.4 Å². The summed E-state index contributed by atoms with van der Waals surface area (Å²) in [7, 11) is 1.66. The van der Waals surface area contributed by atoms with E-state index in [0.717, 1.165) is 22.0 Å². The fourth-order valence-electron chi connectivity index (χ4n) is 1.39. The quantitative estimate of drug-likeness (QED) is 0.888. The number of hydrogen-bond acceptors (Lipinski definition) is 4. The second-order valence-corrected chi connectivity index (χ2v) is 4.48. The second-order valence-electron chi connectivity index (χ2n) is 3.59. The van der Waals surface area contributed by atoms with Gasteiger partial charge in [0.25, 0.3) is 0 Å². The molecular weight excluding hydrogens is 220 g/mol. The predicted octanol–water partition coefficient (Wildman–Crippen LogP) is 2.84. The summed E-state index contributed by atoms with van der Waals surface area (Å²) in [5.41, 5.74) is 7.84. The van der Waals surface area contributed by atoms with E-state index in [4.69, 9.17) is 10.5 Å². The van der Waals surface area contributed by atoms with E-state index in [1.807, 2.05) is 36.6 Å².